The third-order valence-corrected chi connectivity index (χ3v) is 5.23. The van der Waals surface area contributed by atoms with Crippen molar-refractivity contribution in [3.8, 4) is 23.6 Å². The fourth-order valence-electron chi connectivity index (χ4n) is 4.13. The van der Waals surface area contributed by atoms with E-state index in [-0.39, 0.29) is 5.84 Å². The van der Waals surface area contributed by atoms with E-state index in [1.54, 1.807) is 18.2 Å². The minimum atomic E-state index is -1.67. The Morgan fingerprint density at radius 2 is 1.76 bits per heavy atom. The standard InChI is InChI=1S/C17H18N4O4/c1-22-11-7-5-6-10(12(11)23-2)13-15(8-18)14(20)21-17(24-3,25-4)16(13,15)9-19/h5-7,13H,1-4H3,(H2,20,21)/t13-,15+,16-/m1/s1. The summed E-state index contributed by atoms with van der Waals surface area (Å²) in [4.78, 5) is 4.18. The first-order chi connectivity index (χ1) is 12.0. The Morgan fingerprint density at radius 1 is 1.08 bits per heavy atom. The highest BCUT2D eigenvalue weighted by Gasteiger charge is 2.94. The summed E-state index contributed by atoms with van der Waals surface area (Å²) in [6.07, 6.45) is 0. The monoisotopic (exact) mass is 342 g/mol. The van der Waals surface area contributed by atoms with Crippen LogP contribution in [0, 0.1) is 33.5 Å². The quantitative estimate of drug-likeness (QED) is 0.796. The van der Waals surface area contributed by atoms with E-state index in [9.17, 15) is 10.5 Å². The Bertz CT molecular complexity index is 836. The third kappa shape index (κ3) is 1.58. The van der Waals surface area contributed by atoms with Gasteiger partial charge in [0.1, 0.15) is 11.3 Å². The zero-order valence-electron chi connectivity index (χ0n) is 14.4. The van der Waals surface area contributed by atoms with Crippen molar-refractivity contribution in [2.45, 2.75) is 11.8 Å². The number of nitrogens with two attached hydrogens (primary N) is 1. The number of para-hydroxylation sites is 1. The molecule has 0 saturated heterocycles. The highest BCUT2D eigenvalue weighted by atomic mass is 16.7. The van der Waals surface area contributed by atoms with Gasteiger partial charge in [-0.2, -0.15) is 10.5 Å². The lowest BCUT2D eigenvalue weighted by Gasteiger charge is -2.29. The second-order valence-corrected chi connectivity index (χ2v) is 5.84. The Kier molecular flexibility index (Phi) is 3.64. The normalized spacial score (nSPS) is 31.3. The maximum atomic E-state index is 10.0. The van der Waals surface area contributed by atoms with E-state index in [0.717, 1.165) is 0 Å². The molecule has 1 aliphatic carbocycles. The first kappa shape index (κ1) is 17.0. The molecule has 1 aromatic carbocycles. The molecule has 1 saturated carbocycles. The van der Waals surface area contributed by atoms with Crippen LogP contribution < -0.4 is 15.2 Å². The van der Waals surface area contributed by atoms with Gasteiger partial charge in [0.2, 0.25) is 0 Å². The fraction of sp³-hybridized carbons (Fsp3) is 0.471. The molecule has 1 fully saturated rings. The number of nitriles is 2. The number of fused-ring (bicyclic) bond motifs is 1. The van der Waals surface area contributed by atoms with Gasteiger partial charge >= 0.3 is 0 Å². The van der Waals surface area contributed by atoms with Gasteiger partial charge in [0.25, 0.3) is 5.91 Å². The van der Waals surface area contributed by atoms with Gasteiger partial charge in [-0.05, 0) is 6.07 Å². The van der Waals surface area contributed by atoms with Crippen LogP contribution in [0.4, 0.5) is 0 Å². The molecule has 3 rings (SSSR count). The molecule has 0 radical (unpaired) electrons. The lowest BCUT2D eigenvalue weighted by molar-refractivity contribution is -0.230. The van der Waals surface area contributed by atoms with E-state index in [1.165, 1.54) is 28.4 Å². The largest absolute Gasteiger partial charge is 0.493 e. The van der Waals surface area contributed by atoms with Gasteiger partial charge in [-0.15, -0.1) is 0 Å². The van der Waals surface area contributed by atoms with Gasteiger partial charge < -0.3 is 24.7 Å². The Labute approximate surface area is 145 Å². The maximum absolute atomic E-state index is 10.0. The van der Waals surface area contributed by atoms with E-state index in [4.69, 9.17) is 24.7 Å². The van der Waals surface area contributed by atoms with Crippen LogP contribution in [0.25, 0.3) is 0 Å². The molecule has 0 spiro atoms. The van der Waals surface area contributed by atoms with Crippen molar-refractivity contribution < 1.29 is 18.9 Å². The van der Waals surface area contributed by atoms with Crippen molar-refractivity contribution in [2.75, 3.05) is 28.4 Å². The van der Waals surface area contributed by atoms with Crippen molar-refractivity contribution in [3.63, 3.8) is 0 Å². The summed E-state index contributed by atoms with van der Waals surface area (Å²) in [5, 5.41) is 20.0. The van der Waals surface area contributed by atoms with Gasteiger partial charge in [-0.3, -0.25) is 0 Å². The van der Waals surface area contributed by atoms with E-state index < -0.39 is 22.7 Å². The highest BCUT2D eigenvalue weighted by Crippen LogP contribution is 2.82. The van der Waals surface area contributed by atoms with Gasteiger partial charge in [0, 0.05) is 25.7 Å². The first-order valence-electron chi connectivity index (χ1n) is 7.49. The molecule has 8 nitrogen and oxygen atoms in total. The van der Waals surface area contributed by atoms with Crippen molar-refractivity contribution in [3.05, 3.63) is 23.8 Å². The smallest absolute Gasteiger partial charge is 0.292 e. The molecule has 1 heterocycles. The minimum absolute atomic E-state index is 0.00937. The number of methoxy groups -OCH3 is 4. The van der Waals surface area contributed by atoms with Crippen LogP contribution in [0.2, 0.25) is 0 Å². The molecular weight excluding hydrogens is 324 g/mol. The van der Waals surface area contributed by atoms with Crippen LogP contribution in [-0.4, -0.2) is 40.2 Å². The van der Waals surface area contributed by atoms with E-state index >= 15 is 0 Å². The summed E-state index contributed by atoms with van der Waals surface area (Å²) in [6.45, 7) is 0. The zero-order valence-corrected chi connectivity index (χ0v) is 14.4. The van der Waals surface area contributed by atoms with Gasteiger partial charge in [-0.1, -0.05) is 12.1 Å². The zero-order chi connectivity index (χ0) is 18.5. The van der Waals surface area contributed by atoms with E-state index in [0.29, 0.717) is 17.1 Å². The number of ether oxygens (including phenoxy) is 4. The number of nitrogens with zero attached hydrogens (tertiary/aromatic N) is 3. The predicted molar refractivity (Wildman–Crippen MR) is 86.8 cm³/mol. The molecule has 3 atom stereocenters. The van der Waals surface area contributed by atoms with Crippen molar-refractivity contribution in [1.29, 1.82) is 10.5 Å². The fourth-order valence-corrected chi connectivity index (χ4v) is 4.13. The summed E-state index contributed by atoms with van der Waals surface area (Å²) in [5.41, 5.74) is 3.90. The number of amidine groups is 1. The maximum Gasteiger partial charge on any atom is 0.292 e. The molecule has 25 heavy (non-hydrogen) atoms. The summed E-state index contributed by atoms with van der Waals surface area (Å²) >= 11 is 0. The van der Waals surface area contributed by atoms with Crippen molar-refractivity contribution in [2.24, 2.45) is 21.6 Å². The van der Waals surface area contributed by atoms with Crippen LogP contribution >= 0.6 is 0 Å². The van der Waals surface area contributed by atoms with Crippen molar-refractivity contribution in [1.82, 2.24) is 0 Å². The molecule has 0 unspecified atom stereocenters. The number of benzene rings is 1. The van der Waals surface area contributed by atoms with Crippen LogP contribution in [0.5, 0.6) is 11.5 Å². The molecule has 0 amide bonds. The van der Waals surface area contributed by atoms with Crippen LogP contribution in [0.15, 0.2) is 23.2 Å². The van der Waals surface area contributed by atoms with E-state index in [2.05, 4.69) is 17.1 Å². The van der Waals surface area contributed by atoms with Crippen LogP contribution in [-0.2, 0) is 9.47 Å². The summed E-state index contributed by atoms with van der Waals surface area (Å²) in [7, 11) is 5.74. The molecular formula is C17H18N4O4. The Hall–Kier alpha value is -2.81. The number of hydrogen-bond donors (Lipinski definition) is 1. The predicted octanol–water partition coefficient (Wildman–Crippen LogP) is 1.14. The molecule has 0 bridgehead atoms. The molecule has 2 N–H and O–H groups in total. The first-order valence-corrected chi connectivity index (χ1v) is 7.49. The number of aliphatic imine (C=N–C) groups is 1. The summed E-state index contributed by atoms with van der Waals surface area (Å²) < 4.78 is 21.7. The Balaban J connectivity index is 2.30. The van der Waals surface area contributed by atoms with Crippen molar-refractivity contribution >= 4 is 5.84 Å². The van der Waals surface area contributed by atoms with Gasteiger partial charge in [0.15, 0.2) is 16.9 Å². The Morgan fingerprint density at radius 3 is 2.24 bits per heavy atom. The second kappa shape index (κ2) is 5.35. The average Bonchev–Trinajstić information content (AvgIpc) is 3.22. The SMILES string of the molecule is COc1cccc([C@H]2[C@@]3(C#N)C(OC)(OC)N=C(N)[C@]23C#N)c1OC. The topological polar surface area (TPSA) is 123 Å². The molecule has 2 aliphatic rings. The molecule has 0 aromatic heterocycles. The highest BCUT2D eigenvalue weighted by molar-refractivity contribution is 6.00. The summed E-state index contributed by atoms with van der Waals surface area (Å²) in [6, 6.07) is 9.65. The molecule has 1 aliphatic heterocycles. The van der Waals surface area contributed by atoms with Gasteiger partial charge in [0.05, 0.1) is 26.4 Å². The third-order valence-electron chi connectivity index (χ3n) is 5.23. The van der Waals surface area contributed by atoms with E-state index in [1.807, 2.05) is 0 Å². The van der Waals surface area contributed by atoms with Crippen LogP contribution in [0.3, 0.4) is 0 Å². The van der Waals surface area contributed by atoms with Crippen LogP contribution in [0.1, 0.15) is 11.5 Å². The molecule has 130 valence electrons. The minimum Gasteiger partial charge on any atom is -0.493 e. The molecule has 1 aromatic rings. The summed E-state index contributed by atoms with van der Waals surface area (Å²) in [5.74, 6) is -1.38. The average molecular weight is 342 g/mol. The molecule has 8 heteroatoms. The lowest BCUT2D eigenvalue weighted by Crippen LogP contribution is -2.41. The lowest BCUT2D eigenvalue weighted by atomic mass is 9.93. The van der Waals surface area contributed by atoms with Gasteiger partial charge in [-0.25, -0.2) is 4.99 Å². The number of hydrogen-bond acceptors (Lipinski definition) is 8. The second-order valence-electron chi connectivity index (χ2n) is 5.84. The number of rotatable bonds is 5.